The summed E-state index contributed by atoms with van der Waals surface area (Å²) in [5.74, 6) is 0. The summed E-state index contributed by atoms with van der Waals surface area (Å²) in [6.45, 7) is 1.60. The van der Waals surface area contributed by atoms with Gasteiger partial charge in [0.2, 0.25) is 5.64 Å². The number of ether oxygens (including phenoxy) is 1. The van der Waals surface area contributed by atoms with Gasteiger partial charge >= 0.3 is 17.1 Å². The van der Waals surface area contributed by atoms with Crippen LogP contribution in [-0.4, -0.2) is 18.8 Å². The van der Waals surface area contributed by atoms with Crippen molar-refractivity contribution < 1.29 is 41.3 Å². The molecule has 0 aliphatic carbocycles. The third-order valence-corrected chi connectivity index (χ3v) is 3.19. The zero-order chi connectivity index (χ0) is 11.1. The van der Waals surface area contributed by atoms with Crippen molar-refractivity contribution in [3.8, 4) is 0 Å². The van der Waals surface area contributed by atoms with Crippen LogP contribution >= 0.6 is 8.58 Å². The van der Waals surface area contributed by atoms with E-state index in [1.54, 1.807) is 0 Å². The van der Waals surface area contributed by atoms with Crippen LogP contribution in [0.15, 0.2) is 59.6 Å². The summed E-state index contributed by atoms with van der Waals surface area (Å²) in [7, 11) is 0.610. The van der Waals surface area contributed by atoms with E-state index in [-0.39, 0.29) is 36.5 Å². The normalized spacial score (nSPS) is 12.8. The third kappa shape index (κ3) is 6.62. The first-order chi connectivity index (χ1) is 7.95. The predicted molar refractivity (Wildman–Crippen MR) is 70.3 cm³/mol. The van der Waals surface area contributed by atoms with E-state index >= 15 is 0 Å². The molecule has 0 saturated heterocycles. The zero-order valence-electron chi connectivity index (χ0n) is 9.67. The molecule has 2 nitrogen and oxygen atoms in total. The Morgan fingerprint density at radius 3 is 2.39 bits per heavy atom. The molecule has 0 amide bonds. The molecular weight excluding hydrogens is 374 g/mol. The Hall–Kier alpha value is -0.257. The quantitative estimate of drug-likeness (QED) is 0.440. The molecule has 1 aliphatic rings. The fraction of sp³-hybridized carbons (Fsp3) is 0.154. The van der Waals surface area contributed by atoms with Crippen molar-refractivity contribution in [1.82, 2.24) is 0 Å². The molecule has 3 rings (SSSR count). The molecule has 98 valence electrons. The van der Waals surface area contributed by atoms with Gasteiger partial charge in [0, 0.05) is 19.5 Å². The molecule has 1 aliphatic heterocycles. The van der Waals surface area contributed by atoms with Crippen molar-refractivity contribution in [3.05, 3.63) is 54.6 Å². The molecule has 18 heavy (non-hydrogen) atoms. The van der Waals surface area contributed by atoms with Gasteiger partial charge in [-0.05, 0) is 8.58 Å². The maximum atomic E-state index is 5.29. The van der Waals surface area contributed by atoms with E-state index in [9.17, 15) is 0 Å². The summed E-state index contributed by atoms with van der Waals surface area (Å²) >= 11 is 0. The Morgan fingerprint density at radius 1 is 1.17 bits per heavy atom. The van der Waals surface area contributed by atoms with E-state index in [1.165, 1.54) is 5.30 Å². The van der Waals surface area contributed by atoms with E-state index in [1.807, 2.05) is 42.5 Å². The van der Waals surface area contributed by atoms with Crippen molar-refractivity contribution in [3.63, 3.8) is 0 Å². The van der Waals surface area contributed by atoms with Gasteiger partial charge in [-0.3, -0.25) is 0 Å². The van der Waals surface area contributed by atoms with Crippen LogP contribution in [0.2, 0.25) is 0 Å². The van der Waals surface area contributed by atoms with Crippen molar-refractivity contribution in [1.29, 1.82) is 0 Å². The minimum Gasteiger partial charge on any atom is -0.476 e. The molecule has 0 N–H and O–H groups in total. The predicted octanol–water partition coefficient (Wildman–Crippen LogP) is 2.50. The second-order valence-corrected chi connectivity index (χ2v) is 4.55. The van der Waals surface area contributed by atoms with Gasteiger partial charge in [0.1, 0.15) is 6.61 Å². The number of rotatable bonds is 2. The van der Waals surface area contributed by atoms with Crippen LogP contribution in [0.3, 0.4) is 0 Å². The van der Waals surface area contributed by atoms with Gasteiger partial charge in [-0.2, -0.15) is 30.3 Å². The minimum absolute atomic E-state index is 0. The second-order valence-electron chi connectivity index (χ2n) is 3.30. The monoisotopic (exact) mass is 389 g/mol. The van der Waals surface area contributed by atoms with Gasteiger partial charge in [0.05, 0.1) is 6.54 Å². The molecule has 1 unspecified atom stereocenters. The van der Waals surface area contributed by atoms with E-state index in [2.05, 4.69) is 17.1 Å². The van der Waals surface area contributed by atoms with E-state index in [0.29, 0.717) is 8.58 Å². The van der Waals surface area contributed by atoms with Crippen molar-refractivity contribution >= 4 is 19.5 Å². The van der Waals surface area contributed by atoms with Crippen molar-refractivity contribution in [2.24, 2.45) is 4.99 Å². The van der Waals surface area contributed by atoms with Gasteiger partial charge in [0.15, 0.2) is 0 Å². The van der Waals surface area contributed by atoms with Crippen LogP contribution in [0, 0.1) is 0 Å². The molecule has 0 fully saturated rings. The Bertz CT molecular complexity index is 397. The molecule has 0 spiro atoms. The number of nitrogens with zero attached hydrogens (tertiary/aromatic N) is 1. The molecule has 2 aromatic carbocycles. The summed E-state index contributed by atoms with van der Waals surface area (Å²) in [4.78, 5) is 4.22. The SMILES string of the molecule is [Fe+2].[Ru].c1c[cH-]c(PC2=NCCO2)c1.c1cc[cH-]c1. The Balaban J connectivity index is 0.000000357. The maximum Gasteiger partial charge on any atom is 2.00 e. The third-order valence-electron chi connectivity index (χ3n) is 2.05. The number of hydrogen-bond acceptors (Lipinski definition) is 2. The number of aliphatic imine (C=N–C) groups is 1. The fourth-order valence-corrected chi connectivity index (χ4v) is 2.28. The van der Waals surface area contributed by atoms with E-state index in [4.69, 9.17) is 4.74 Å². The summed E-state index contributed by atoms with van der Waals surface area (Å²) in [5.41, 5.74) is 0.913. The molecular formula is C13H14FeNOPRu. The Kier molecular flexibility index (Phi) is 10.5. The fourth-order valence-electron chi connectivity index (χ4n) is 1.31. The largest absolute Gasteiger partial charge is 2.00 e. The number of hydrogen-bond donors (Lipinski definition) is 0. The minimum atomic E-state index is 0. The van der Waals surface area contributed by atoms with Crippen LogP contribution in [0.5, 0.6) is 0 Å². The molecule has 2 aromatic rings. The van der Waals surface area contributed by atoms with Crippen LogP contribution in [0.4, 0.5) is 0 Å². The molecule has 1 atom stereocenters. The molecule has 0 bridgehead atoms. The molecule has 0 aromatic heterocycles. The first-order valence-corrected chi connectivity index (χ1v) is 6.28. The van der Waals surface area contributed by atoms with Crippen LogP contribution in [0.1, 0.15) is 0 Å². The average molecular weight is 388 g/mol. The topological polar surface area (TPSA) is 21.6 Å². The average Bonchev–Trinajstić information content (AvgIpc) is 3.05. The smallest absolute Gasteiger partial charge is 0.476 e. The summed E-state index contributed by atoms with van der Waals surface area (Å²) in [5, 5.41) is 1.31. The second kappa shape index (κ2) is 10.6. The van der Waals surface area contributed by atoms with Gasteiger partial charge < -0.3 is 4.74 Å². The van der Waals surface area contributed by atoms with Crippen LogP contribution < -0.4 is 5.30 Å². The zero-order valence-corrected chi connectivity index (χ0v) is 13.5. The van der Waals surface area contributed by atoms with Crippen molar-refractivity contribution in [2.75, 3.05) is 13.2 Å². The molecule has 1 heterocycles. The van der Waals surface area contributed by atoms with Gasteiger partial charge in [-0.25, -0.2) is 29.3 Å². The standard InChI is InChI=1S/C8H9NOP.C5H5.Fe.Ru/c1-2-4-7(3-1)11-8-9-5-6-10-8;1-2-4-5-3-1;;/h1-4,11H,5-6H2;1-5H;;/q2*-1;+2;. The van der Waals surface area contributed by atoms with Gasteiger partial charge in [0.25, 0.3) is 0 Å². The maximum absolute atomic E-state index is 5.29. The van der Waals surface area contributed by atoms with Gasteiger partial charge in [-0.1, -0.05) is 0 Å². The molecule has 5 heteroatoms. The Labute approximate surface area is 133 Å². The molecule has 0 saturated carbocycles. The Morgan fingerprint density at radius 2 is 1.94 bits per heavy atom. The first kappa shape index (κ1) is 17.7. The summed E-state index contributed by atoms with van der Waals surface area (Å²) in [6, 6.07) is 18.3. The van der Waals surface area contributed by atoms with E-state index < -0.39 is 0 Å². The summed E-state index contributed by atoms with van der Waals surface area (Å²) in [6.07, 6.45) is 0. The van der Waals surface area contributed by atoms with Crippen LogP contribution in [0.25, 0.3) is 0 Å². The van der Waals surface area contributed by atoms with Crippen molar-refractivity contribution in [2.45, 2.75) is 0 Å². The van der Waals surface area contributed by atoms with E-state index in [0.717, 1.165) is 18.8 Å². The van der Waals surface area contributed by atoms with Gasteiger partial charge in [-0.15, -0.1) is 5.30 Å². The first-order valence-electron chi connectivity index (χ1n) is 5.28. The summed E-state index contributed by atoms with van der Waals surface area (Å²) < 4.78 is 5.29. The van der Waals surface area contributed by atoms with Crippen LogP contribution in [-0.2, 0) is 41.3 Å². The molecule has 0 radical (unpaired) electrons.